The van der Waals surface area contributed by atoms with E-state index in [1.165, 1.54) is 25.3 Å². The van der Waals surface area contributed by atoms with Crippen molar-refractivity contribution in [2.45, 2.75) is 12.0 Å². The molecule has 0 aliphatic heterocycles. The van der Waals surface area contributed by atoms with E-state index in [-0.39, 0.29) is 35.4 Å². The van der Waals surface area contributed by atoms with Crippen molar-refractivity contribution in [1.29, 1.82) is 0 Å². The lowest BCUT2D eigenvalue weighted by molar-refractivity contribution is -0.119. The molecule has 9 heteroatoms. The first kappa shape index (κ1) is 24.3. The van der Waals surface area contributed by atoms with Gasteiger partial charge >= 0.3 is 12.1 Å². The summed E-state index contributed by atoms with van der Waals surface area (Å²) in [6.07, 6.45) is -0.783. The number of hydrogen-bond acceptors (Lipinski definition) is 5. The number of aromatic carboxylic acids is 1. The van der Waals surface area contributed by atoms with Crippen LogP contribution in [-0.2, 0) is 14.3 Å². The molecule has 4 rings (SSSR count). The summed E-state index contributed by atoms with van der Waals surface area (Å²) in [6, 6.07) is 18.8. The Morgan fingerprint density at radius 1 is 1.00 bits per heavy atom. The minimum absolute atomic E-state index is 0.0440. The van der Waals surface area contributed by atoms with E-state index in [0.717, 1.165) is 22.3 Å². The molecule has 8 nitrogen and oxygen atoms in total. The van der Waals surface area contributed by atoms with E-state index in [1.807, 2.05) is 48.5 Å². The summed E-state index contributed by atoms with van der Waals surface area (Å²) in [5.41, 5.74) is 4.41. The maximum absolute atomic E-state index is 12.8. The maximum Gasteiger partial charge on any atom is 0.407 e. The molecule has 1 aliphatic rings. The Balaban J connectivity index is 1.42. The molecule has 1 aliphatic carbocycles. The number of carboxylic acid groups (broad SMARTS) is 1. The number of alkyl carbamates (subject to hydrolysis) is 1. The number of carbonyl (C=O) groups excluding carboxylic acids is 2. The van der Waals surface area contributed by atoms with Crippen molar-refractivity contribution in [2.75, 3.05) is 25.6 Å². The van der Waals surface area contributed by atoms with Gasteiger partial charge in [-0.25, -0.2) is 9.59 Å². The van der Waals surface area contributed by atoms with Crippen molar-refractivity contribution in [3.8, 4) is 11.1 Å². The molecule has 3 aromatic rings. The topological polar surface area (TPSA) is 114 Å². The highest BCUT2D eigenvalue weighted by Gasteiger charge is 2.30. The zero-order chi connectivity index (χ0) is 24.9. The third-order valence-electron chi connectivity index (χ3n) is 5.76. The summed E-state index contributed by atoms with van der Waals surface area (Å²) < 4.78 is 10.6. The molecule has 0 aromatic heterocycles. The minimum Gasteiger partial charge on any atom is -0.478 e. The average Bonchev–Trinajstić information content (AvgIpc) is 3.17. The second kappa shape index (κ2) is 10.6. The van der Waals surface area contributed by atoms with Gasteiger partial charge in [0.05, 0.1) is 22.9 Å². The number of halogens is 1. The minimum atomic E-state index is -1.16. The number of carbonyl (C=O) groups is 3. The van der Waals surface area contributed by atoms with Crippen molar-refractivity contribution in [1.82, 2.24) is 5.32 Å². The molecule has 0 unspecified atom stereocenters. The fourth-order valence-electron chi connectivity index (χ4n) is 4.11. The predicted octanol–water partition coefficient (Wildman–Crippen LogP) is 4.53. The summed E-state index contributed by atoms with van der Waals surface area (Å²) in [6.45, 7) is -0.0417. The highest BCUT2D eigenvalue weighted by atomic mass is 35.5. The van der Waals surface area contributed by atoms with Crippen LogP contribution in [0.4, 0.5) is 10.5 Å². The molecule has 0 saturated carbocycles. The Labute approximate surface area is 206 Å². The van der Waals surface area contributed by atoms with E-state index in [2.05, 4.69) is 10.6 Å². The number of ether oxygens (including phenoxy) is 2. The summed E-state index contributed by atoms with van der Waals surface area (Å²) in [7, 11) is 1.39. The van der Waals surface area contributed by atoms with Crippen LogP contribution in [-0.4, -0.2) is 49.4 Å². The smallest absolute Gasteiger partial charge is 0.407 e. The summed E-state index contributed by atoms with van der Waals surface area (Å²) in [5.74, 6) is -1.92. The van der Waals surface area contributed by atoms with Crippen LogP contribution in [0, 0.1) is 0 Å². The Kier molecular flexibility index (Phi) is 7.33. The number of amides is 2. The van der Waals surface area contributed by atoms with Gasteiger partial charge in [-0.3, -0.25) is 4.79 Å². The van der Waals surface area contributed by atoms with Gasteiger partial charge in [-0.2, -0.15) is 0 Å². The highest BCUT2D eigenvalue weighted by molar-refractivity contribution is 6.34. The Morgan fingerprint density at radius 3 is 2.23 bits per heavy atom. The van der Waals surface area contributed by atoms with Crippen LogP contribution in [0.1, 0.15) is 27.4 Å². The zero-order valence-corrected chi connectivity index (χ0v) is 19.5. The van der Waals surface area contributed by atoms with Crippen LogP contribution in [0.15, 0.2) is 66.7 Å². The van der Waals surface area contributed by atoms with Gasteiger partial charge in [0.2, 0.25) is 5.91 Å². The Bertz CT molecular complexity index is 1230. The molecule has 1 atom stereocenters. The molecule has 0 radical (unpaired) electrons. The summed E-state index contributed by atoms with van der Waals surface area (Å²) >= 11 is 6.09. The third-order valence-corrected chi connectivity index (χ3v) is 6.09. The van der Waals surface area contributed by atoms with E-state index >= 15 is 0 Å². The third kappa shape index (κ3) is 5.29. The number of fused-ring (bicyclic) bond motifs is 3. The van der Waals surface area contributed by atoms with Crippen LogP contribution in [0.3, 0.4) is 0 Å². The molecule has 180 valence electrons. The van der Waals surface area contributed by atoms with Gasteiger partial charge < -0.3 is 25.2 Å². The molecule has 0 bridgehead atoms. The Hall–Kier alpha value is -3.88. The number of carboxylic acids is 1. The van der Waals surface area contributed by atoms with Crippen molar-refractivity contribution in [3.63, 3.8) is 0 Å². The van der Waals surface area contributed by atoms with Gasteiger partial charge in [0, 0.05) is 13.0 Å². The number of benzene rings is 3. The largest absolute Gasteiger partial charge is 0.478 e. The average molecular weight is 495 g/mol. The molecule has 0 fully saturated rings. The van der Waals surface area contributed by atoms with E-state index in [4.69, 9.17) is 26.2 Å². The van der Waals surface area contributed by atoms with Gasteiger partial charge in [-0.05, 0) is 40.5 Å². The van der Waals surface area contributed by atoms with E-state index < -0.39 is 24.0 Å². The molecular weight excluding hydrogens is 472 g/mol. The zero-order valence-electron chi connectivity index (χ0n) is 18.8. The number of rotatable bonds is 8. The molecule has 2 amide bonds. The van der Waals surface area contributed by atoms with Crippen LogP contribution in [0.2, 0.25) is 5.02 Å². The second-order valence-corrected chi connectivity index (χ2v) is 8.37. The SMILES string of the molecule is COC[C@H](NC(=O)OCC1c2ccccc2-c2ccccc21)C(=O)Nc1cc(C(=O)O)ccc1Cl. The van der Waals surface area contributed by atoms with Crippen LogP contribution in [0.5, 0.6) is 0 Å². The molecule has 0 spiro atoms. The first-order valence-electron chi connectivity index (χ1n) is 10.8. The van der Waals surface area contributed by atoms with Crippen molar-refractivity contribution >= 4 is 35.3 Å². The summed E-state index contributed by atoms with van der Waals surface area (Å²) in [4.78, 5) is 36.6. The lowest BCUT2D eigenvalue weighted by atomic mass is 9.98. The van der Waals surface area contributed by atoms with E-state index in [0.29, 0.717) is 0 Å². The number of nitrogens with one attached hydrogen (secondary N) is 2. The number of anilines is 1. The predicted molar refractivity (Wildman–Crippen MR) is 131 cm³/mol. The molecular formula is C26H23ClN2O6. The standard InChI is InChI=1S/C26H23ClN2O6/c1-34-14-23(24(30)28-22-12-15(25(31)32)10-11-21(22)27)29-26(33)35-13-20-18-8-4-2-6-16(18)17-7-3-5-9-19(17)20/h2-12,20,23H,13-14H2,1H3,(H,28,30)(H,29,33)(H,31,32)/t23-/m0/s1. The van der Waals surface area contributed by atoms with Crippen molar-refractivity contribution < 1.29 is 29.0 Å². The van der Waals surface area contributed by atoms with Crippen molar-refractivity contribution in [2.24, 2.45) is 0 Å². The van der Waals surface area contributed by atoms with Gasteiger partial charge in [-0.15, -0.1) is 0 Å². The first-order valence-corrected chi connectivity index (χ1v) is 11.2. The lowest BCUT2D eigenvalue weighted by Crippen LogP contribution is -2.47. The van der Waals surface area contributed by atoms with Crippen LogP contribution >= 0.6 is 11.6 Å². The fourth-order valence-corrected chi connectivity index (χ4v) is 4.27. The van der Waals surface area contributed by atoms with Gasteiger partial charge in [0.1, 0.15) is 12.6 Å². The van der Waals surface area contributed by atoms with Gasteiger partial charge in [0.25, 0.3) is 0 Å². The highest BCUT2D eigenvalue weighted by Crippen LogP contribution is 2.44. The quantitative estimate of drug-likeness (QED) is 0.424. The monoisotopic (exact) mass is 494 g/mol. The second-order valence-electron chi connectivity index (χ2n) is 7.97. The van der Waals surface area contributed by atoms with Crippen LogP contribution < -0.4 is 10.6 Å². The molecule has 3 aromatic carbocycles. The van der Waals surface area contributed by atoms with Crippen molar-refractivity contribution in [3.05, 3.63) is 88.4 Å². The molecule has 35 heavy (non-hydrogen) atoms. The maximum atomic E-state index is 12.8. The summed E-state index contributed by atoms with van der Waals surface area (Å²) in [5, 5.41) is 14.4. The molecule has 0 heterocycles. The lowest BCUT2D eigenvalue weighted by Gasteiger charge is -2.19. The normalized spacial score (nSPS) is 12.9. The fraction of sp³-hybridized carbons (Fsp3) is 0.192. The van der Waals surface area contributed by atoms with E-state index in [1.54, 1.807) is 0 Å². The van der Waals surface area contributed by atoms with Gasteiger partial charge in [-0.1, -0.05) is 60.1 Å². The van der Waals surface area contributed by atoms with E-state index in [9.17, 15) is 14.4 Å². The number of methoxy groups -OCH3 is 1. The first-order chi connectivity index (χ1) is 16.9. The Morgan fingerprint density at radius 2 is 1.63 bits per heavy atom. The molecule has 3 N–H and O–H groups in total. The molecule has 0 saturated heterocycles. The van der Waals surface area contributed by atoms with Crippen LogP contribution in [0.25, 0.3) is 11.1 Å². The van der Waals surface area contributed by atoms with Gasteiger partial charge in [0.15, 0.2) is 0 Å². The number of hydrogen-bond donors (Lipinski definition) is 3.